The second-order valence-electron chi connectivity index (χ2n) is 12.0. The molecule has 0 aliphatic carbocycles. The highest BCUT2D eigenvalue weighted by molar-refractivity contribution is 7.92. The number of amides is 1. The average Bonchev–Trinajstić information content (AvgIpc) is 3.46. The van der Waals surface area contributed by atoms with Gasteiger partial charge in [0.2, 0.25) is 0 Å². The zero-order valence-electron chi connectivity index (χ0n) is 26.8. The van der Waals surface area contributed by atoms with Crippen LogP contribution in [0.5, 0.6) is 5.75 Å². The van der Waals surface area contributed by atoms with E-state index >= 15 is 0 Å². The molecule has 0 spiro atoms. The largest absolute Gasteiger partial charge is 0.490 e. The van der Waals surface area contributed by atoms with Gasteiger partial charge in [-0.2, -0.15) is 8.42 Å². The van der Waals surface area contributed by atoms with E-state index in [1.165, 1.54) is 18.6 Å². The number of pyridine rings is 1. The van der Waals surface area contributed by atoms with Crippen molar-refractivity contribution in [1.29, 1.82) is 0 Å². The SMILES string of the molecule is C[C@H](CO)N1C[C@H](C)[C@@H](CN(C)Cc2ccncc2)OCCCC[C@H](C)Oc2ccc(NS(=O)(=O)c3cn(C)cn3)cc2C1=O. The number of likely N-dealkylation sites (N-methyl/N-ethyl adjacent to an activating group) is 1. The molecule has 0 bridgehead atoms. The number of benzene rings is 1. The van der Waals surface area contributed by atoms with Crippen molar-refractivity contribution >= 4 is 21.6 Å². The summed E-state index contributed by atoms with van der Waals surface area (Å²) in [7, 11) is -0.266. The normalized spacial score (nSPS) is 21.1. The third-order valence-corrected chi connectivity index (χ3v) is 9.22. The van der Waals surface area contributed by atoms with Gasteiger partial charge in [-0.1, -0.05) is 6.92 Å². The van der Waals surface area contributed by atoms with E-state index in [1.54, 1.807) is 48.0 Å². The predicted octanol–water partition coefficient (Wildman–Crippen LogP) is 3.54. The number of carbonyl (C=O) groups is 1. The highest BCUT2D eigenvalue weighted by atomic mass is 32.2. The van der Waals surface area contributed by atoms with Gasteiger partial charge in [0, 0.05) is 63.5 Å². The van der Waals surface area contributed by atoms with Crippen molar-refractivity contribution in [3.8, 4) is 5.75 Å². The lowest BCUT2D eigenvalue weighted by atomic mass is 10.0. The van der Waals surface area contributed by atoms with Gasteiger partial charge in [0.1, 0.15) is 5.75 Å². The maximum atomic E-state index is 14.3. The van der Waals surface area contributed by atoms with Crippen molar-refractivity contribution in [2.24, 2.45) is 13.0 Å². The van der Waals surface area contributed by atoms with Crippen LogP contribution in [0.25, 0.3) is 0 Å². The summed E-state index contributed by atoms with van der Waals surface area (Å²) >= 11 is 0. The van der Waals surface area contributed by atoms with E-state index in [9.17, 15) is 18.3 Å². The van der Waals surface area contributed by atoms with Crippen LogP contribution in [0.3, 0.4) is 0 Å². The Morgan fingerprint density at radius 1 is 1.18 bits per heavy atom. The smallest absolute Gasteiger partial charge is 0.280 e. The van der Waals surface area contributed by atoms with Crippen LogP contribution in [0, 0.1) is 5.92 Å². The molecule has 13 heteroatoms. The number of nitrogens with zero attached hydrogens (tertiary/aromatic N) is 5. The molecule has 2 aromatic heterocycles. The van der Waals surface area contributed by atoms with E-state index in [4.69, 9.17) is 9.47 Å². The number of hydrogen-bond donors (Lipinski definition) is 2. The number of ether oxygens (including phenoxy) is 2. The van der Waals surface area contributed by atoms with Gasteiger partial charge in [0.05, 0.1) is 36.7 Å². The number of aliphatic hydroxyl groups excluding tert-OH is 1. The summed E-state index contributed by atoms with van der Waals surface area (Å²) < 4.78 is 42.8. The zero-order chi connectivity index (χ0) is 32.6. The molecule has 0 unspecified atom stereocenters. The lowest BCUT2D eigenvalue weighted by molar-refractivity contribution is -0.0177. The fraction of sp³-hybridized carbons (Fsp3) is 0.531. The van der Waals surface area contributed by atoms with Crippen molar-refractivity contribution in [2.75, 3.05) is 38.1 Å². The second kappa shape index (κ2) is 15.7. The van der Waals surface area contributed by atoms with E-state index in [1.807, 2.05) is 26.1 Å². The number of fused-ring (bicyclic) bond motifs is 1. The number of aromatic nitrogens is 3. The van der Waals surface area contributed by atoms with Crippen LogP contribution in [-0.2, 0) is 28.4 Å². The number of hydrogen-bond acceptors (Lipinski definition) is 9. The molecule has 0 saturated carbocycles. The first-order chi connectivity index (χ1) is 21.5. The van der Waals surface area contributed by atoms with Crippen LogP contribution in [0.1, 0.15) is 56.0 Å². The molecule has 246 valence electrons. The highest BCUT2D eigenvalue weighted by Crippen LogP contribution is 2.29. The number of aryl methyl sites for hydroxylation is 1. The van der Waals surface area contributed by atoms with E-state index in [0.717, 1.165) is 31.4 Å². The Morgan fingerprint density at radius 2 is 1.93 bits per heavy atom. The fourth-order valence-electron chi connectivity index (χ4n) is 5.36. The maximum absolute atomic E-state index is 14.3. The van der Waals surface area contributed by atoms with Gasteiger partial charge < -0.3 is 24.0 Å². The molecule has 0 fully saturated rings. The molecule has 1 aliphatic rings. The maximum Gasteiger partial charge on any atom is 0.280 e. The van der Waals surface area contributed by atoms with Gasteiger partial charge in [0.25, 0.3) is 15.9 Å². The minimum Gasteiger partial charge on any atom is -0.490 e. The number of sulfonamides is 1. The molecular formula is C32H46N6O6S. The number of anilines is 1. The minimum atomic E-state index is -3.99. The van der Waals surface area contributed by atoms with Crippen LogP contribution in [0.2, 0.25) is 0 Å². The Kier molecular flexibility index (Phi) is 12.0. The molecule has 2 N–H and O–H groups in total. The number of carbonyl (C=O) groups excluding carboxylic acids is 1. The standard InChI is InChI=1S/C32H46N6O6S/c1-23-17-38(24(2)21-39)32(40)28-16-27(35-45(41,42)31-20-37(5)22-34-31)9-10-29(28)44-25(3)8-6-7-15-43-30(23)19-36(4)18-26-11-13-33-14-12-26/h9-14,16,20,22-25,30,35,39H,6-8,15,17-19,21H2,1-5H3/t23-,24+,25-,30+/m0/s1. The molecule has 4 atom stereocenters. The molecule has 45 heavy (non-hydrogen) atoms. The number of imidazole rings is 1. The van der Waals surface area contributed by atoms with E-state index in [2.05, 4.69) is 26.5 Å². The summed E-state index contributed by atoms with van der Waals surface area (Å²) in [5.74, 6) is -0.0941. The summed E-state index contributed by atoms with van der Waals surface area (Å²) in [6.45, 7) is 7.82. The van der Waals surface area contributed by atoms with Crippen molar-refractivity contribution in [3.05, 3.63) is 66.4 Å². The molecule has 3 heterocycles. The molecule has 1 aromatic carbocycles. The average molecular weight is 643 g/mol. The van der Waals surface area contributed by atoms with Crippen LogP contribution < -0.4 is 9.46 Å². The Labute approximate surface area is 266 Å². The zero-order valence-corrected chi connectivity index (χ0v) is 27.6. The number of aliphatic hydroxyl groups is 1. The molecule has 1 amide bonds. The third kappa shape index (κ3) is 9.49. The van der Waals surface area contributed by atoms with Gasteiger partial charge in [0.15, 0.2) is 5.03 Å². The summed E-state index contributed by atoms with van der Waals surface area (Å²) in [6, 6.07) is 8.16. The van der Waals surface area contributed by atoms with Crippen molar-refractivity contribution < 1.29 is 27.8 Å². The van der Waals surface area contributed by atoms with Gasteiger partial charge in [-0.05, 0) is 76.1 Å². The highest BCUT2D eigenvalue weighted by Gasteiger charge is 2.31. The summed E-state index contributed by atoms with van der Waals surface area (Å²) in [4.78, 5) is 26.2. The van der Waals surface area contributed by atoms with E-state index in [0.29, 0.717) is 25.4 Å². The van der Waals surface area contributed by atoms with Crippen LogP contribution in [0.15, 0.2) is 60.3 Å². The van der Waals surface area contributed by atoms with Gasteiger partial charge in [-0.3, -0.25) is 19.4 Å². The first-order valence-corrected chi connectivity index (χ1v) is 16.9. The van der Waals surface area contributed by atoms with Crippen LogP contribution >= 0.6 is 0 Å². The molecular weight excluding hydrogens is 596 g/mol. The number of rotatable bonds is 9. The third-order valence-electron chi connectivity index (χ3n) is 7.95. The Balaban J connectivity index is 1.64. The van der Waals surface area contributed by atoms with Gasteiger partial charge >= 0.3 is 0 Å². The first-order valence-electron chi connectivity index (χ1n) is 15.4. The second-order valence-corrected chi connectivity index (χ2v) is 13.7. The summed E-state index contributed by atoms with van der Waals surface area (Å²) in [6.07, 6.45) is 8.49. The Hall–Kier alpha value is -3.52. The molecule has 1 aliphatic heterocycles. The Morgan fingerprint density at radius 3 is 2.62 bits per heavy atom. The molecule has 3 aromatic rings. The van der Waals surface area contributed by atoms with E-state index in [-0.39, 0.29) is 46.9 Å². The van der Waals surface area contributed by atoms with E-state index < -0.39 is 16.1 Å². The Bertz CT molecular complexity index is 1500. The lowest BCUT2D eigenvalue weighted by Crippen LogP contribution is -2.47. The first kappa shape index (κ1) is 34.4. The van der Waals surface area contributed by atoms with Crippen LogP contribution in [0.4, 0.5) is 5.69 Å². The monoisotopic (exact) mass is 642 g/mol. The van der Waals surface area contributed by atoms with Crippen molar-refractivity contribution in [3.63, 3.8) is 0 Å². The topological polar surface area (TPSA) is 139 Å². The number of nitrogens with one attached hydrogen (secondary N) is 1. The fourth-order valence-corrected chi connectivity index (χ4v) is 6.39. The quantitative estimate of drug-likeness (QED) is 0.359. The molecule has 0 radical (unpaired) electrons. The van der Waals surface area contributed by atoms with Crippen molar-refractivity contribution in [2.45, 2.75) is 69.9 Å². The molecule has 4 rings (SSSR count). The van der Waals surface area contributed by atoms with Crippen molar-refractivity contribution in [1.82, 2.24) is 24.3 Å². The van der Waals surface area contributed by atoms with Crippen LogP contribution in [-0.4, -0.2) is 95.4 Å². The van der Waals surface area contributed by atoms with Gasteiger partial charge in [-0.25, -0.2) is 4.98 Å². The molecule has 12 nitrogen and oxygen atoms in total. The minimum absolute atomic E-state index is 0.0834. The summed E-state index contributed by atoms with van der Waals surface area (Å²) in [5.41, 5.74) is 1.56. The molecule has 0 saturated heterocycles. The van der Waals surface area contributed by atoms with Gasteiger partial charge in [-0.15, -0.1) is 0 Å². The lowest BCUT2D eigenvalue weighted by Gasteiger charge is -2.36. The predicted molar refractivity (Wildman–Crippen MR) is 171 cm³/mol. The summed E-state index contributed by atoms with van der Waals surface area (Å²) in [5, 5.41) is 10.1.